The van der Waals surface area contributed by atoms with Gasteiger partial charge in [-0.05, 0) is 72.6 Å². The number of aromatic hydroxyl groups is 1. The summed E-state index contributed by atoms with van der Waals surface area (Å²) in [7, 11) is -1.71. The van der Waals surface area contributed by atoms with Crippen molar-refractivity contribution in [3.63, 3.8) is 0 Å². The van der Waals surface area contributed by atoms with Crippen LogP contribution < -0.4 is 15.1 Å². The first-order chi connectivity index (χ1) is 21.9. The molecule has 2 fully saturated rings. The lowest BCUT2D eigenvalue weighted by molar-refractivity contribution is -0.122. The molecule has 4 atom stereocenters. The van der Waals surface area contributed by atoms with Crippen LogP contribution in [-0.2, 0) is 14.3 Å². The second kappa shape index (κ2) is 13.4. The maximum Gasteiger partial charge on any atom is 0.488 e. The summed E-state index contributed by atoms with van der Waals surface area (Å²) in [6.07, 6.45) is 5.56. The maximum absolute atomic E-state index is 14.0. The number of nitrogens with zero attached hydrogens (tertiary/aromatic N) is 1. The van der Waals surface area contributed by atoms with E-state index in [1.807, 2.05) is 48.5 Å². The van der Waals surface area contributed by atoms with Gasteiger partial charge in [0.05, 0.1) is 30.2 Å². The van der Waals surface area contributed by atoms with Crippen LogP contribution in [0.4, 0.5) is 5.69 Å². The normalized spacial score (nSPS) is 22.9. The Hall–Kier alpha value is -4.18. The summed E-state index contributed by atoms with van der Waals surface area (Å²) in [6.45, 7) is 2.77. The standard InChI is InChI=1S/C36H38BNO7/c1-2-9-23(18-24-10-6-7-15-31(24)39)16-17-32-33-25(21-44-28-13-4-3-5-14-28)19-29-34(30(33)22-45-32)36(41)38(35(29)40)27-12-8-11-26(20-27)37(42)43/h3-8,10-15,18,20,29-30,32,34,39,42-43H,2,9,16-17,19,21-22H2,1H3/b23-18+/t29-,30+,32-,34-/m1/s1. The molecule has 9 heteroatoms. The van der Waals surface area contributed by atoms with E-state index in [1.165, 1.54) is 16.5 Å². The molecule has 2 aliphatic heterocycles. The summed E-state index contributed by atoms with van der Waals surface area (Å²) in [4.78, 5) is 29.1. The van der Waals surface area contributed by atoms with E-state index in [4.69, 9.17) is 9.47 Å². The second-order valence-electron chi connectivity index (χ2n) is 12.1. The highest BCUT2D eigenvalue weighted by atomic mass is 16.5. The first-order valence-corrected chi connectivity index (χ1v) is 15.7. The Balaban J connectivity index is 1.29. The first-order valence-electron chi connectivity index (χ1n) is 15.7. The monoisotopic (exact) mass is 607 g/mol. The highest BCUT2D eigenvalue weighted by molar-refractivity contribution is 6.58. The van der Waals surface area contributed by atoms with Crippen molar-refractivity contribution in [2.45, 2.75) is 45.1 Å². The Morgan fingerprint density at radius 1 is 0.978 bits per heavy atom. The molecule has 0 unspecified atom stereocenters. The van der Waals surface area contributed by atoms with Crippen molar-refractivity contribution >= 4 is 36.2 Å². The van der Waals surface area contributed by atoms with Gasteiger partial charge in [-0.15, -0.1) is 0 Å². The van der Waals surface area contributed by atoms with E-state index in [0.29, 0.717) is 31.7 Å². The number of phenols is 1. The summed E-state index contributed by atoms with van der Waals surface area (Å²) in [5, 5.41) is 29.8. The Morgan fingerprint density at radius 3 is 2.51 bits per heavy atom. The van der Waals surface area contributed by atoms with Gasteiger partial charge in [0.2, 0.25) is 11.8 Å². The molecule has 3 aromatic carbocycles. The predicted octanol–water partition coefficient (Wildman–Crippen LogP) is 4.64. The summed E-state index contributed by atoms with van der Waals surface area (Å²) in [6, 6.07) is 23.1. The molecule has 6 rings (SSSR count). The fourth-order valence-electron chi connectivity index (χ4n) is 7.11. The van der Waals surface area contributed by atoms with Gasteiger partial charge in [0.1, 0.15) is 18.1 Å². The fraction of sp³-hybridized carbons (Fsp3) is 0.333. The molecule has 0 spiro atoms. The number of benzene rings is 3. The molecule has 8 nitrogen and oxygen atoms in total. The summed E-state index contributed by atoms with van der Waals surface area (Å²) >= 11 is 0. The average molecular weight is 608 g/mol. The topological polar surface area (TPSA) is 117 Å². The van der Waals surface area contributed by atoms with Crippen LogP contribution in [-0.4, -0.2) is 53.4 Å². The number of anilines is 1. The van der Waals surface area contributed by atoms with Crippen LogP contribution in [0.15, 0.2) is 95.6 Å². The van der Waals surface area contributed by atoms with Gasteiger partial charge in [0.25, 0.3) is 0 Å². The van der Waals surface area contributed by atoms with Gasteiger partial charge in [-0.1, -0.05) is 73.5 Å². The number of imide groups is 1. The number of allylic oxidation sites excluding steroid dienone is 1. The zero-order valence-electron chi connectivity index (χ0n) is 25.3. The molecule has 0 bridgehead atoms. The van der Waals surface area contributed by atoms with Crippen molar-refractivity contribution in [2.75, 3.05) is 18.1 Å². The van der Waals surface area contributed by atoms with Crippen LogP contribution in [0.2, 0.25) is 0 Å². The Kier molecular flexibility index (Phi) is 9.21. The van der Waals surface area contributed by atoms with E-state index in [-0.39, 0.29) is 35.0 Å². The number of amides is 2. The zero-order valence-corrected chi connectivity index (χ0v) is 25.3. The van der Waals surface area contributed by atoms with Crippen LogP contribution in [0.3, 0.4) is 0 Å². The lowest BCUT2D eigenvalue weighted by Gasteiger charge is -2.31. The maximum atomic E-state index is 14.0. The molecule has 2 heterocycles. The van der Waals surface area contributed by atoms with Gasteiger partial charge >= 0.3 is 7.12 Å². The van der Waals surface area contributed by atoms with Gasteiger partial charge in [0, 0.05) is 11.5 Å². The summed E-state index contributed by atoms with van der Waals surface area (Å²) in [5.74, 6) is -0.966. The SMILES string of the molecule is CCC/C(=C\c1ccccc1O)CC[C@H]1OC[C@H]2C1=C(COc1ccccc1)C[C@H]1C(=O)N(c3cccc(B(O)O)c3)C(=O)[C@H]12. The molecule has 0 radical (unpaired) electrons. The third-order valence-electron chi connectivity index (χ3n) is 9.19. The molecule has 0 saturated carbocycles. The molecule has 1 aliphatic carbocycles. The summed E-state index contributed by atoms with van der Waals surface area (Å²) < 4.78 is 12.6. The van der Waals surface area contributed by atoms with Crippen LogP contribution in [0.5, 0.6) is 11.5 Å². The average Bonchev–Trinajstić information content (AvgIpc) is 3.58. The van der Waals surface area contributed by atoms with Crippen LogP contribution in [0, 0.1) is 17.8 Å². The van der Waals surface area contributed by atoms with E-state index < -0.39 is 19.0 Å². The number of fused-ring (bicyclic) bond motifs is 3. The minimum absolute atomic E-state index is 0.211. The molecular formula is C36H38BNO7. The van der Waals surface area contributed by atoms with Gasteiger partial charge in [-0.3, -0.25) is 14.5 Å². The quantitative estimate of drug-likeness (QED) is 0.165. The number of carbonyl (C=O) groups is 2. The number of hydrogen-bond acceptors (Lipinski definition) is 7. The Morgan fingerprint density at radius 2 is 1.76 bits per heavy atom. The van der Waals surface area contributed by atoms with Crippen molar-refractivity contribution in [3.8, 4) is 11.5 Å². The second-order valence-corrected chi connectivity index (χ2v) is 12.1. The lowest BCUT2D eigenvalue weighted by Crippen LogP contribution is -2.36. The smallest absolute Gasteiger partial charge is 0.488 e. The number of phenolic OH excluding ortho intramolecular Hbond substituents is 1. The van der Waals surface area contributed by atoms with Crippen molar-refractivity contribution in [1.29, 1.82) is 0 Å². The number of rotatable bonds is 11. The largest absolute Gasteiger partial charge is 0.507 e. The van der Waals surface area contributed by atoms with Crippen molar-refractivity contribution in [1.82, 2.24) is 0 Å². The van der Waals surface area contributed by atoms with Gasteiger partial charge in [-0.2, -0.15) is 0 Å². The molecule has 3 aromatic rings. The Labute approximate surface area is 263 Å². The highest BCUT2D eigenvalue weighted by Gasteiger charge is 2.57. The predicted molar refractivity (Wildman–Crippen MR) is 173 cm³/mol. The van der Waals surface area contributed by atoms with E-state index in [0.717, 1.165) is 41.7 Å². The molecule has 3 aliphatic rings. The molecule has 2 amide bonds. The van der Waals surface area contributed by atoms with Gasteiger partial charge in [0.15, 0.2) is 0 Å². The van der Waals surface area contributed by atoms with Crippen LogP contribution >= 0.6 is 0 Å². The Bertz CT molecular complexity index is 1620. The molecule has 3 N–H and O–H groups in total. The molecule has 232 valence electrons. The van der Waals surface area contributed by atoms with Crippen molar-refractivity contribution < 1.29 is 34.2 Å². The summed E-state index contributed by atoms with van der Waals surface area (Å²) in [5.41, 5.74) is 4.61. The van der Waals surface area contributed by atoms with Crippen LogP contribution in [0.1, 0.15) is 44.6 Å². The van der Waals surface area contributed by atoms with Gasteiger partial charge < -0.3 is 24.6 Å². The molecule has 45 heavy (non-hydrogen) atoms. The van der Waals surface area contributed by atoms with E-state index in [1.54, 1.807) is 24.3 Å². The first kappa shape index (κ1) is 30.8. The molecule has 0 aromatic heterocycles. The van der Waals surface area contributed by atoms with Crippen LogP contribution in [0.25, 0.3) is 6.08 Å². The van der Waals surface area contributed by atoms with E-state index in [9.17, 15) is 24.7 Å². The third-order valence-corrected chi connectivity index (χ3v) is 9.19. The minimum atomic E-state index is -1.71. The molecule has 2 saturated heterocycles. The zero-order chi connectivity index (χ0) is 31.5. The molecular weight excluding hydrogens is 569 g/mol. The van der Waals surface area contributed by atoms with Gasteiger partial charge in [-0.25, -0.2) is 0 Å². The fourth-order valence-corrected chi connectivity index (χ4v) is 7.11. The number of ether oxygens (including phenoxy) is 2. The highest BCUT2D eigenvalue weighted by Crippen LogP contribution is 2.50. The lowest BCUT2D eigenvalue weighted by atomic mass is 9.69. The van der Waals surface area contributed by atoms with Crippen molar-refractivity contribution in [2.24, 2.45) is 17.8 Å². The van der Waals surface area contributed by atoms with E-state index >= 15 is 0 Å². The number of carbonyl (C=O) groups excluding carboxylic acids is 2. The minimum Gasteiger partial charge on any atom is -0.507 e. The van der Waals surface area contributed by atoms with E-state index in [2.05, 4.69) is 13.0 Å². The third kappa shape index (κ3) is 6.34. The van der Waals surface area contributed by atoms with Crippen molar-refractivity contribution in [3.05, 3.63) is 101 Å². The number of hydrogen-bond donors (Lipinski definition) is 3. The number of para-hydroxylation sites is 2.